The van der Waals surface area contributed by atoms with Crippen LogP contribution in [0.15, 0.2) is 0 Å². The Hall–Kier alpha value is -0.340. The first kappa shape index (κ1) is 11.2. The molecule has 0 spiro atoms. The number of hydrogen-bond donors (Lipinski definition) is 0. The molecule has 2 rings (SSSR count). The Balaban J connectivity index is 2.27. The Kier molecular flexibility index (Phi) is 3.47. The summed E-state index contributed by atoms with van der Waals surface area (Å²) in [5, 5.41) is 0.992. The van der Waals surface area contributed by atoms with Crippen molar-refractivity contribution in [2.75, 3.05) is 0 Å². The van der Waals surface area contributed by atoms with Gasteiger partial charge in [0, 0.05) is 11.5 Å². The van der Waals surface area contributed by atoms with E-state index in [1.54, 1.807) is 0 Å². The number of aromatic nitrogens is 2. The van der Waals surface area contributed by atoms with Crippen molar-refractivity contribution in [3.8, 4) is 0 Å². The molecule has 1 aromatic rings. The van der Waals surface area contributed by atoms with Gasteiger partial charge in [0.25, 0.3) is 0 Å². The van der Waals surface area contributed by atoms with Gasteiger partial charge in [-0.15, -0.1) is 0 Å². The first-order valence-corrected chi connectivity index (χ1v) is 6.13. The molecule has 82 valence electrons. The van der Waals surface area contributed by atoms with Gasteiger partial charge in [-0.05, 0) is 19.8 Å². The minimum absolute atomic E-state index is 0.453. The second-order valence-corrected chi connectivity index (χ2v) is 4.84. The fourth-order valence-electron chi connectivity index (χ4n) is 2.02. The van der Waals surface area contributed by atoms with Crippen molar-refractivity contribution >= 4 is 23.2 Å². The fraction of sp³-hybridized carbons (Fsp3) is 0.636. The third-order valence-corrected chi connectivity index (χ3v) is 3.75. The maximum Gasteiger partial charge on any atom is 0.137 e. The molecule has 0 aromatic carbocycles. The van der Waals surface area contributed by atoms with Gasteiger partial charge in [-0.1, -0.05) is 42.5 Å². The lowest BCUT2D eigenvalue weighted by molar-refractivity contribution is 0.428. The Morgan fingerprint density at radius 3 is 2.07 bits per heavy atom. The van der Waals surface area contributed by atoms with E-state index >= 15 is 0 Å². The maximum atomic E-state index is 6.00. The van der Waals surface area contributed by atoms with Crippen molar-refractivity contribution in [1.82, 2.24) is 9.97 Å². The van der Waals surface area contributed by atoms with Crippen LogP contribution in [0.1, 0.15) is 49.4 Å². The van der Waals surface area contributed by atoms with E-state index in [1.165, 1.54) is 19.3 Å². The van der Waals surface area contributed by atoms with Crippen LogP contribution in [0.5, 0.6) is 0 Å². The molecule has 0 unspecified atom stereocenters. The molecular formula is C11H14Cl2N2. The zero-order valence-corrected chi connectivity index (χ0v) is 10.3. The van der Waals surface area contributed by atoms with Gasteiger partial charge < -0.3 is 0 Å². The van der Waals surface area contributed by atoms with E-state index in [0.29, 0.717) is 16.2 Å². The number of nitrogens with zero attached hydrogens (tertiary/aromatic N) is 2. The smallest absolute Gasteiger partial charge is 0.137 e. The summed E-state index contributed by atoms with van der Waals surface area (Å²) >= 11 is 12.0. The highest BCUT2D eigenvalue weighted by molar-refractivity contribution is 6.34. The molecule has 1 aliphatic carbocycles. The van der Waals surface area contributed by atoms with E-state index in [0.717, 1.165) is 24.2 Å². The molecule has 15 heavy (non-hydrogen) atoms. The average molecular weight is 245 g/mol. The van der Waals surface area contributed by atoms with Crippen LogP contribution in [0.2, 0.25) is 10.3 Å². The fourth-order valence-corrected chi connectivity index (χ4v) is 2.42. The monoisotopic (exact) mass is 244 g/mol. The zero-order valence-electron chi connectivity index (χ0n) is 8.76. The van der Waals surface area contributed by atoms with E-state index in [4.69, 9.17) is 23.2 Å². The topological polar surface area (TPSA) is 25.8 Å². The molecule has 2 nitrogen and oxygen atoms in total. The first-order valence-electron chi connectivity index (χ1n) is 5.38. The molecule has 1 aliphatic rings. The van der Waals surface area contributed by atoms with Crippen molar-refractivity contribution in [3.05, 3.63) is 21.7 Å². The molecule has 0 amide bonds. The van der Waals surface area contributed by atoms with Crippen molar-refractivity contribution in [3.63, 3.8) is 0 Å². The third kappa shape index (κ3) is 2.43. The van der Waals surface area contributed by atoms with Crippen LogP contribution in [0.4, 0.5) is 0 Å². The van der Waals surface area contributed by atoms with Crippen LogP contribution in [0.3, 0.4) is 0 Å². The molecule has 1 aromatic heterocycles. The van der Waals surface area contributed by atoms with Gasteiger partial charge in [-0.2, -0.15) is 0 Å². The van der Waals surface area contributed by atoms with E-state index in [1.807, 2.05) is 6.92 Å². The van der Waals surface area contributed by atoms with Crippen molar-refractivity contribution in [2.45, 2.75) is 44.9 Å². The molecule has 1 saturated carbocycles. The highest BCUT2D eigenvalue weighted by Crippen LogP contribution is 2.32. The van der Waals surface area contributed by atoms with Gasteiger partial charge in [0.1, 0.15) is 16.1 Å². The maximum absolute atomic E-state index is 6.00. The molecule has 4 heteroatoms. The third-order valence-electron chi connectivity index (χ3n) is 3.01. The summed E-state index contributed by atoms with van der Waals surface area (Å²) < 4.78 is 0. The highest BCUT2D eigenvalue weighted by atomic mass is 35.5. The van der Waals surface area contributed by atoms with Crippen LogP contribution in [0.25, 0.3) is 0 Å². The Labute approximate surface area is 100 Å². The van der Waals surface area contributed by atoms with E-state index in [-0.39, 0.29) is 0 Å². The normalized spacial score (nSPS) is 18.1. The molecule has 0 radical (unpaired) electrons. The van der Waals surface area contributed by atoms with E-state index in [2.05, 4.69) is 9.97 Å². The summed E-state index contributed by atoms with van der Waals surface area (Å²) in [6.45, 7) is 1.84. The number of hydrogen-bond acceptors (Lipinski definition) is 2. The standard InChI is InChI=1S/C11H14Cl2N2/c1-7-9(12)14-11(15-10(7)13)8-5-3-2-4-6-8/h8H,2-6H2,1H3. The van der Waals surface area contributed by atoms with E-state index in [9.17, 15) is 0 Å². The summed E-state index contributed by atoms with van der Waals surface area (Å²) in [5.74, 6) is 1.28. The van der Waals surface area contributed by atoms with Gasteiger partial charge in [0.15, 0.2) is 0 Å². The summed E-state index contributed by atoms with van der Waals surface area (Å²) in [6, 6.07) is 0. The second-order valence-electron chi connectivity index (χ2n) is 4.12. The van der Waals surface area contributed by atoms with Gasteiger partial charge in [0.2, 0.25) is 0 Å². The lowest BCUT2D eigenvalue weighted by Crippen LogP contribution is -2.09. The predicted molar refractivity (Wildman–Crippen MR) is 62.6 cm³/mol. The van der Waals surface area contributed by atoms with Crippen LogP contribution < -0.4 is 0 Å². The molecule has 0 saturated heterocycles. The Morgan fingerprint density at radius 2 is 1.53 bits per heavy atom. The van der Waals surface area contributed by atoms with Crippen molar-refractivity contribution < 1.29 is 0 Å². The molecule has 0 N–H and O–H groups in total. The average Bonchev–Trinajstić information content (AvgIpc) is 2.26. The first-order chi connectivity index (χ1) is 7.18. The molecule has 0 bridgehead atoms. The molecule has 1 fully saturated rings. The summed E-state index contributed by atoms with van der Waals surface area (Å²) in [6.07, 6.45) is 6.17. The molecule has 1 heterocycles. The molecule has 0 aliphatic heterocycles. The summed E-state index contributed by atoms with van der Waals surface area (Å²) in [4.78, 5) is 8.65. The SMILES string of the molecule is Cc1c(Cl)nc(C2CCCCC2)nc1Cl. The van der Waals surface area contributed by atoms with Crippen LogP contribution in [0, 0.1) is 6.92 Å². The van der Waals surface area contributed by atoms with Gasteiger partial charge >= 0.3 is 0 Å². The minimum Gasteiger partial charge on any atom is -0.221 e. The Morgan fingerprint density at radius 1 is 1.00 bits per heavy atom. The van der Waals surface area contributed by atoms with Crippen LogP contribution >= 0.6 is 23.2 Å². The second kappa shape index (κ2) is 4.67. The van der Waals surface area contributed by atoms with Crippen LogP contribution in [-0.2, 0) is 0 Å². The summed E-state index contributed by atoms with van der Waals surface area (Å²) in [5.41, 5.74) is 0.776. The molecule has 0 atom stereocenters. The van der Waals surface area contributed by atoms with E-state index < -0.39 is 0 Å². The van der Waals surface area contributed by atoms with Gasteiger partial charge in [-0.25, -0.2) is 9.97 Å². The van der Waals surface area contributed by atoms with Crippen molar-refractivity contribution in [2.24, 2.45) is 0 Å². The number of halogens is 2. The van der Waals surface area contributed by atoms with Gasteiger partial charge in [-0.3, -0.25) is 0 Å². The summed E-state index contributed by atoms with van der Waals surface area (Å²) in [7, 11) is 0. The van der Waals surface area contributed by atoms with Crippen molar-refractivity contribution in [1.29, 1.82) is 0 Å². The molecular weight excluding hydrogens is 231 g/mol. The lowest BCUT2D eigenvalue weighted by atomic mass is 9.89. The number of rotatable bonds is 1. The highest BCUT2D eigenvalue weighted by Gasteiger charge is 2.20. The lowest BCUT2D eigenvalue weighted by Gasteiger charge is -2.20. The largest absolute Gasteiger partial charge is 0.221 e. The Bertz CT molecular complexity index is 337. The minimum atomic E-state index is 0.453. The van der Waals surface area contributed by atoms with Crippen LogP contribution in [-0.4, -0.2) is 9.97 Å². The van der Waals surface area contributed by atoms with Gasteiger partial charge in [0.05, 0.1) is 0 Å². The predicted octanol–water partition coefficient (Wildman–Crippen LogP) is 4.14. The zero-order chi connectivity index (χ0) is 10.8. The quantitative estimate of drug-likeness (QED) is 0.695.